The van der Waals surface area contributed by atoms with Crippen LogP contribution in [0.5, 0.6) is 0 Å². The van der Waals surface area contributed by atoms with E-state index in [-0.39, 0.29) is 11.9 Å². The molecule has 2 unspecified atom stereocenters. The predicted octanol–water partition coefficient (Wildman–Crippen LogP) is 1.01. The van der Waals surface area contributed by atoms with Crippen molar-refractivity contribution in [2.24, 2.45) is 0 Å². The maximum Gasteiger partial charge on any atom is 0.227 e. The van der Waals surface area contributed by atoms with Crippen molar-refractivity contribution in [3.8, 4) is 0 Å². The summed E-state index contributed by atoms with van der Waals surface area (Å²) in [5.74, 6) is 0.254. The smallest absolute Gasteiger partial charge is 0.227 e. The van der Waals surface area contributed by atoms with Gasteiger partial charge in [-0.25, -0.2) is 0 Å². The molecule has 2 aliphatic rings. The Bertz CT molecular complexity index is 216. The van der Waals surface area contributed by atoms with Crippen LogP contribution in [0.4, 0.5) is 0 Å². The average molecular weight is 173 g/mol. The van der Waals surface area contributed by atoms with Crippen molar-refractivity contribution in [3.05, 3.63) is 0 Å². The lowest BCUT2D eigenvalue weighted by Gasteiger charge is -2.35. The van der Waals surface area contributed by atoms with Crippen LogP contribution in [0.2, 0.25) is 0 Å². The molecule has 0 radical (unpaired) electrons. The highest BCUT2D eigenvalue weighted by Crippen LogP contribution is 2.40. The third kappa shape index (κ3) is 0.661. The number of carbonyl (C=O) groups excluding carboxylic acids is 1. The molecule has 0 aromatic rings. The number of fused-ring (bicyclic) bond motifs is 1. The minimum absolute atomic E-state index is 0.200. The third-order valence-electron chi connectivity index (χ3n) is 1.96. The van der Waals surface area contributed by atoms with Crippen molar-refractivity contribution < 1.29 is 4.79 Å². The number of thiocarbonyl (C=S) groups is 1. The van der Waals surface area contributed by atoms with Gasteiger partial charge in [0.2, 0.25) is 5.91 Å². The average Bonchev–Trinajstić information content (AvgIpc) is 2.05. The van der Waals surface area contributed by atoms with Gasteiger partial charge in [-0.15, -0.1) is 0 Å². The van der Waals surface area contributed by atoms with E-state index in [9.17, 15) is 4.79 Å². The van der Waals surface area contributed by atoms with Gasteiger partial charge in [-0.1, -0.05) is 24.0 Å². The largest absolute Gasteiger partial charge is 0.322 e. The number of hydrogen-bond donors (Lipinski definition) is 0. The molecule has 2 saturated heterocycles. The minimum Gasteiger partial charge on any atom is -0.322 e. The van der Waals surface area contributed by atoms with Gasteiger partial charge in [0, 0.05) is 0 Å². The van der Waals surface area contributed by atoms with Crippen LogP contribution < -0.4 is 0 Å². The Morgan fingerprint density at radius 1 is 1.80 bits per heavy atom. The van der Waals surface area contributed by atoms with Gasteiger partial charge in [0.05, 0.1) is 22.0 Å². The first-order chi connectivity index (χ1) is 4.70. The summed E-state index contributed by atoms with van der Waals surface area (Å²) in [5.41, 5.74) is 0. The van der Waals surface area contributed by atoms with Gasteiger partial charge in [-0.3, -0.25) is 4.79 Å². The summed E-state index contributed by atoms with van der Waals surface area (Å²) in [6.45, 7) is 1.99. The van der Waals surface area contributed by atoms with Crippen LogP contribution in [0.15, 0.2) is 0 Å². The highest BCUT2D eigenvalue weighted by Gasteiger charge is 2.47. The first kappa shape index (κ1) is 6.61. The number of β-lactam (4-membered cyclic amide) rings is 1. The Hall–Kier alpha value is -0.0900. The van der Waals surface area contributed by atoms with Crippen molar-refractivity contribution in [2.45, 2.75) is 24.8 Å². The van der Waals surface area contributed by atoms with Crippen LogP contribution in [0.25, 0.3) is 0 Å². The van der Waals surface area contributed by atoms with Gasteiger partial charge in [0.15, 0.2) is 0 Å². The summed E-state index contributed by atoms with van der Waals surface area (Å²) in [7, 11) is 0. The van der Waals surface area contributed by atoms with Crippen LogP contribution in [-0.4, -0.2) is 26.4 Å². The molecule has 2 fully saturated rings. The van der Waals surface area contributed by atoms with Gasteiger partial charge < -0.3 is 4.90 Å². The number of carbonyl (C=O) groups is 1. The first-order valence-electron chi connectivity index (χ1n) is 3.22. The number of hydrogen-bond acceptors (Lipinski definition) is 3. The highest BCUT2D eigenvalue weighted by molar-refractivity contribution is 8.24. The molecule has 0 aromatic heterocycles. The van der Waals surface area contributed by atoms with Crippen molar-refractivity contribution in [1.29, 1.82) is 0 Å². The van der Waals surface area contributed by atoms with Crippen molar-refractivity contribution in [3.63, 3.8) is 0 Å². The highest BCUT2D eigenvalue weighted by atomic mass is 32.2. The molecule has 2 aliphatic heterocycles. The summed E-state index contributed by atoms with van der Waals surface area (Å²) in [6, 6.07) is 0.200. The maximum atomic E-state index is 10.9. The molecule has 2 nitrogen and oxygen atoms in total. The lowest BCUT2D eigenvalue weighted by molar-refractivity contribution is -0.141. The molecule has 0 spiro atoms. The third-order valence-corrected chi connectivity index (χ3v) is 3.83. The van der Waals surface area contributed by atoms with E-state index in [4.69, 9.17) is 12.2 Å². The van der Waals surface area contributed by atoms with E-state index in [1.54, 1.807) is 11.8 Å². The van der Waals surface area contributed by atoms with E-state index in [0.29, 0.717) is 11.8 Å². The van der Waals surface area contributed by atoms with Crippen LogP contribution in [0.1, 0.15) is 13.3 Å². The van der Waals surface area contributed by atoms with E-state index in [2.05, 4.69) is 0 Å². The Labute approximate surface area is 69.0 Å². The summed E-state index contributed by atoms with van der Waals surface area (Å²) in [5, 5.41) is 0.384. The van der Waals surface area contributed by atoms with Crippen LogP contribution in [-0.2, 0) is 4.79 Å². The topological polar surface area (TPSA) is 20.3 Å². The van der Waals surface area contributed by atoms with Crippen molar-refractivity contribution >= 4 is 34.1 Å². The molecule has 0 N–H and O–H groups in total. The van der Waals surface area contributed by atoms with Gasteiger partial charge in [0.25, 0.3) is 0 Å². The molecule has 54 valence electrons. The van der Waals surface area contributed by atoms with E-state index in [0.717, 1.165) is 4.20 Å². The van der Waals surface area contributed by atoms with Gasteiger partial charge in [-0.05, 0) is 6.92 Å². The molecular weight excluding hydrogens is 166 g/mol. The second-order valence-corrected chi connectivity index (χ2v) is 4.49. The Kier molecular flexibility index (Phi) is 1.29. The zero-order valence-electron chi connectivity index (χ0n) is 5.53. The van der Waals surface area contributed by atoms with Crippen LogP contribution in [0, 0.1) is 0 Å². The molecule has 0 bridgehead atoms. The SMILES string of the molecule is CC1C(=S)SC2CC(=O)N21. The molecule has 4 heteroatoms. The van der Waals surface area contributed by atoms with Crippen LogP contribution >= 0.6 is 24.0 Å². The quantitative estimate of drug-likeness (QED) is 0.403. The Morgan fingerprint density at radius 2 is 2.50 bits per heavy atom. The fourth-order valence-electron chi connectivity index (χ4n) is 1.31. The maximum absolute atomic E-state index is 10.9. The molecule has 2 rings (SSSR count). The fourth-order valence-corrected chi connectivity index (χ4v) is 2.98. The molecular formula is C6H7NOS2. The monoisotopic (exact) mass is 173 g/mol. The summed E-state index contributed by atoms with van der Waals surface area (Å²) in [6.07, 6.45) is 0.690. The number of amides is 1. The lowest BCUT2D eigenvalue weighted by Crippen LogP contribution is -2.50. The normalized spacial score (nSPS) is 37.9. The summed E-state index contributed by atoms with van der Waals surface area (Å²) >= 11 is 6.72. The van der Waals surface area contributed by atoms with E-state index >= 15 is 0 Å². The first-order valence-corrected chi connectivity index (χ1v) is 4.50. The zero-order valence-corrected chi connectivity index (χ0v) is 7.17. The molecule has 0 aliphatic carbocycles. The van der Waals surface area contributed by atoms with Gasteiger partial charge in [-0.2, -0.15) is 0 Å². The molecule has 2 heterocycles. The number of thioether (sulfide) groups is 1. The second kappa shape index (κ2) is 1.95. The van der Waals surface area contributed by atoms with Crippen molar-refractivity contribution in [2.75, 3.05) is 0 Å². The molecule has 0 saturated carbocycles. The van der Waals surface area contributed by atoms with Gasteiger partial charge >= 0.3 is 0 Å². The van der Waals surface area contributed by atoms with E-state index in [1.807, 2.05) is 11.8 Å². The summed E-state index contributed by atoms with van der Waals surface area (Å²) < 4.78 is 0.968. The summed E-state index contributed by atoms with van der Waals surface area (Å²) in [4.78, 5) is 12.8. The minimum atomic E-state index is 0.200. The fraction of sp³-hybridized carbons (Fsp3) is 0.667. The predicted molar refractivity (Wildman–Crippen MR) is 44.9 cm³/mol. The standard InChI is InChI=1S/C6H7NOS2/c1-3-6(9)10-5-2-4(8)7(3)5/h3,5H,2H2,1H3. The molecule has 1 amide bonds. The van der Waals surface area contributed by atoms with Crippen LogP contribution in [0.3, 0.4) is 0 Å². The number of nitrogens with zero attached hydrogens (tertiary/aromatic N) is 1. The molecule has 2 atom stereocenters. The molecule has 10 heavy (non-hydrogen) atoms. The lowest BCUT2D eigenvalue weighted by atomic mass is 10.1. The van der Waals surface area contributed by atoms with Crippen molar-refractivity contribution in [1.82, 2.24) is 4.90 Å². The molecule has 0 aromatic carbocycles. The number of rotatable bonds is 0. The van der Waals surface area contributed by atoms with E-state index < -0.39 is 0 Å². The second-order valence-electron chi connectivity index (χ2n) is 2.57. The zero-order chi connectivity index (χ0) is 7.30. The van der Waals surface area contributed by atoms with E-state index in [1.165, 1.54) is 0 Å². The Morgan fingerprint density at radius 3 is 2.90 bits per heavy atom. The Balaban J connectivity index is 2.23. The van der Waals surface area contributed by atoms with Gasteiger partial charge in [0.1, 0.15) is 0 Å².